The zero-order chi connectivity index (χ0) is 12.8. The molecule has 0 amide bonds. The van der Waals surface area contributed by atoms with Gasteiger partial charge in [-0.2, -0.15) is 0 Å². The van der Waals surface area contributed by atoms with Gasteiger partial charge in [0.05, 0.1) is 0 Å². The van der Waals surface area contributed by atoms with Crippen LogP contribution in [0.15, 0.2) is 18.2 Å². The molecule has 1 aromatic carbocycles. The maximum Gasteiger partial charge on any atom is 0.0377 e. The van der Waals surface area contributed by atoms with Crippen LogP contribution in [0.25, 0.3) is 0 Å². The van der Waals surface area contributed by atoms with Crippen LogP contribution in [0.1, 0.15) is 63.5 Å². The van der Waals surface area contributed by atoms with E-state index in [2.05, 4.69) is 37.4 Å². The molecule has 1 aliphatic rings. The third-order valence-electron chi connectivity index (χ3n) is 4.03. The van der Waals surface area contributed by atoms with E-state index >= 15 is 0 Å². The van der Waals surface area contributed by atoms with Crippen molar-refractivity contribution in [3.8, 4) is 0 Å². The van der Waals surface area contributed by atoms with E-state index in [1.54, 1.807) is 11.1 Å². The van der Waals surface area contributed by atoms with Gasteiger partial charge < -0.3 is 5.32 Å². The van der Waals surface area contributed by atoms with Crippen LogP contribution >= 0.6 is 0 Å². The minimum atomic E-state index is 0.661. The highest BCUT2D eigenvalue weighted by molar-refractivity contribution is 5.56. The monoisotopic (exact) mass is 245 g/mol. The van der Waals surface area contributed by atoms with Crippen molar-refractivity contribution in [3.05, 3.63) is 29.3 Å². The van der Waals surface area contributed by atoms with Crippen LogP contribution in [0.2, 0.25) is 0 Å². The molecule has 0 fully saturated rings. The van der Waals surface area contributed by atoms with Crippen molar-refractivity contribution in [2.24, 2.45) is 0 Å². The third-order valence-corrected chi connectivity index (χ3v) is 4.03. The lowest BCUT2D eigenvalue weighted by molar-refractivity contribution is 0.584. The second-order valence-electron chi connectivity index (χ2n) is 5.57. The Kier molecular flexibility index (Phi) is 5.10. The summed E-state index contributed by atoms with van der Waals surface area (Å²) in [6.45, 7) is 4.57. The normalized spacial score (nSPS) is 14.6. The lowest BCUT2D eigenvalue weighted by atomic mass is 9.90. The average Bonchev–Trinajstić information content (AvgIpc) is 2.40. The van der Waals surface area contributed by atoms with Gasteiger partial charge >= 0.3 is 0 Å². The summed E-state index contributed by atoms with van der Waals surface area (Å²) >= 11 is 0. The molecule has 0 heterocycles. The summed E-state index contributed by atoms with van der Waals surface area (Å²) in [5.74, 6) is 0. The summed E-state index contributed by atoms with van der Waals surface area (Å²) in [6, 6.07) is 7.48. The smallest absolute Gasteiger partial charge is 0.0377 e. The van der Waals surface area contributed by atoms with Crippen molar-refractivity contribution < 1.29 is 0 Å². The van der Waals surface area contributed by atoms with Gasteiger partial charge in [-0.05, 0) is 55.7 Å². The maximum absolute atomic E-state index is 3.81. The molecule has 0 aliphatic heterocycles. The second kappa shape index (κ2) is 6.82. The molecule has 1 nitrogen and oxygen atoms in total. The summed E-state index contributed by atoms with van der Waals surface area (Å²) in [7, 11) is 0. The lowest BCUT2D eigenvalue weighted by Gasteiger charge is -2.24. The largest absolute Gasteiger partial charge is 0.382 e. The van der Waals surface area contributed by atoms with Crippen molar-refractivity contribution in [2.75, 3.05) is 5.32 Å². The fourth-order valence-electron chi connectivity index (χ4n) is 3.12. The first-order valence-electron chi connectivity index (χ1n) is 7.72. The molecular formula is C17H27N. The summed E-state index contributed by atoms with van der Waals surface area (Å²) in [6.07, 6.45) is 10.4. The van der Waals surface area contributed by atoms with Crippen LogP contribution in [0.5, 0.6) is 0 Å². The van der Waals surface area contributed by atoms with Crippen molar-refractivity contribution in [1.82, 2.24) is 0 Å². The van der Waals surface area contributed by atoms with E-state index in [1.807, 2.05) is 0 Å². The zero-order valence-electron chi connectivity index (χ0n) is 12.0. The first-order valence-corrected chi connectivity index (χ1v) is 7.72. The Morgan fingerprint density at radius 2 is 1.78 bits per heavy atom. The van der Waals surface area contributed by atoms with E-state index in [0.717, 1.165) is 0 Å². The van der Waals surface area contributed by atoms with Gasteiger partial charge in [0.25, 0.3) is 0 Å². The fraction of sp³-hybridized carbons (Fsp3) is 0.647. The Bertz CT molecular complexity index is 364. The Morgan fingerprint density at radius 1 is 1.06 bits per heavy atom. The number of nitrogens with one attached hydrogen (secondary N) is 1. The van der Waals surface area contributed by atoms with Crippen LogP contribution in [0.3, 0.4) is 0 Å². The number of hydrogen-bond donors (Lipinski definition) is 1. The second-order valence-corrected chi connectivity index (χ2v) is 5.57. The van der Waals surface area contributed by atoms with Crippen LogP contribution in [0.4, 0.5) is 5.69 Å². The minimum Gasteiger partial charge on any atom is -0.382 e. The molecule has 0 saturated carbocycles. The van der Waals surface area contributed by atoms with Gasteiger partial charge in [-0.15, -0.1) is 0 Å². The molecule has 0 spiro atoms. The van der Waals surface area contributed by atoms with E-state index < -0.39 is 0 Å². The molecule has 0 unspecified atom stereocenters. The molecule has 0 saturated heterocycles. The van der Waals surface area contributed by atoms with Gasteiger partial charge in [-0.3, -0.25) is 0 Å². The highest BCUT2D eigenvalue weighted by Gasteiger charge is 2.14. The van der Waals surface area contributed by atoms with E-state index in [4.69, 9.17) is 0 Å². The highest BCUT2D eigenvalue weighted by atomic mass is 14.9. The topological polar surface area (TPSA) is 12.0 Å². The Balaban J connectivity index is 2.12. The first-order chi connectivity index (χ1) is 8.85. The summed E-state index contributed by atoms with van der Waals surface area (Å²) in [5.41, 5.74) is 4.60. The number of benzene rings is 1. The van der Waals surface area contributed by atoms with Gasteiger partial charge in [-0.1, -0.05) is 38.8 Å². The number of fused-ring (bicyclic) bond motifs is 1. The van der Waals surface area contributed by atoms with Crippen molar-refractivity contribution >= 4 is 5.69 Å². The molecule has 0 atom stereocenters. The Morgan fingerprint density at radius 3 is 2.50 bits per heavy atom. The first kappa shape index (κ1) is 13.5. The Labute approximate surface area is 112 Å². The predicted molar refractivity (Wildman–Crippen MR) is 80.3 cm³/mol. The third kappa shape index (κ3) is 3.28. The summed E-state index contributed by atoms with van der Waals surface area (Å²) in [4.78, 5) is 0. The van der Waals surface area contributed by atoms with Gasteiger partial charge in [-0.25, -0.2) is 0 Å². The number of aryl methyl sites for hydroxylation is 1. The zero-order valence-corrected chi connectivity index (χ0v) is 12.0. The maximum atomic E-state index is 3.81. The molecule has 1 aromatic rings. The van der Waals surface area contributed by atoms with Crippen molar-refractivity contribution in [3.63, 3.8) is 0 Å². The predicted octanol–water partition coefficient (Wildman–Crippen LogP) is 4.95. The minimum absolute atomic E-state index is 0.661. The van der Waals surface area contributed by atoms with Crippen LogP contribution in [-0.2, 0) is 12.8 Å². The molecule has 1 aliphatic carbocycles. The van der Waals surface area contributed by atoms with Crippen LogP contribution in [-0.4, -0.2) is 6.04 Å². The molecule has 100 valence electrons. The molecule has 0 aromatic heterocycles. The highest BCUT2D eigenvalue weighted by Crippen LogP contribution is 2.29. The van der Waals surface area contributed by atoms with Gasteiger partial charge in [0, 0.05) is 11.7 Å². The van der Waals surface area contributed by atoms with Crippen LogP contribution < -0.4 is 5.32 Å². The molecule has 1 heteroatoms. The molecule has 0 radical (unpaired) electrons. The van der Waals surface area contributed by atoms with Crippen molar-refractivity contribution in [2.45, 2.75) is 71.3 Å². The SMILES string of the molecule is CCCC(CCC)Nc1cccc2c1CCCC2. The molecular weight excluding hydrogens is 218 g/mol. The molecule has 2 rings (SSSR count). The van der Waals surface area contributed by atoms with Crippen LogP contribution in [0, 0.1) is 0 Å². The lowest BCUT2D eigenvalue weighted by Crippen LogP contribution is -2.20. The summed E-state index contributed by atoms with van der Waals surface area (Å²) < 4.78 is 0. The fourth-order valence-corrected chi connectivity index (χ4v) is 3.12. The van der Waals surface area contributed by atoms with Gasteiger partial charge in [0.2, 0.25) is 0 Å². The number of hydrogen-bond acceptors (Lipinski definition) is 1. The van der Waals surface area contributed by atoms with Gasteiger partial charge in [0.1, 0.15) is 0 Å². The molecule has 1 N–H and O–H groups in total. The number of anilines is 1. The number of rotatable bonds is 6. The standard InChI is InChI=1S/C17H27N/c1-3-8-15(9-4-2)18-17-13-7-11-14-10-5-6-12-16(14)17/h7,11,13,15,18H,3-6,8-10,12H2,1-2H3. The summed E-state index contributed by atoms with van der Waals surface area (Å²) in [5, 5.41) is 3.81. The molecule has 0 bridgehead atoms. The average molecular weight is 245 g/mol. The van der Waals surface area contributed by atoms with E-state index in [-0.39, 0.29) is 0 Å². The van der Waals surface area contributed by atoms with E-state index in [9.17, 15) is 0 Å². The van der Waals surface area contributed by atoms with Crippen molar-refractivity contribution in [1.29, 1.82) is 0 Å². The molecule has 18 heavy (non-hydrogen) atoms. The quantitative estimate of drug-likeness (QED) is 0.748. The van der Waals surface area contributed by atoms with Gasteiger partial charge in [0.15, 0.2) is 0 Å². The van der Waals surface area contributed by atoms with E-state index in [1.165, 1.54) is 57.1 Å². The van der Waals surface area contributed by atoms with E-state index in [0.29, 0.717) is 6.04 Å². The Hall–Kier alpha value is -0.980.